The molecule has 11 nitrogen and oxygen atoms in total. The van der Waals surface area contributed by atoms with Gasteiger partial charge in [0.2, 0.25) is 13.6 Å². The molecule has 0 bridgehead atoms. The number of amides is 1. The van der Waals surface area contributed by atoms with Gasteiger partial charge in [-0.2, -0.15) is 0 Å². The largest absolute Gasteiger partial charge is 0.461 e. The number of ether oxygens (including phenoxy) is 5. The number of thioether (sulfide) groups is 1. The predicted molar refractivity (Wildman–Crippen MR) is 114 cm³/mol. The number of esters is 3. The standard InChI is InChI=1S/C20H33NO10S/c1-11(2)15(22)27-9-29-18(25)21-14(17(24)31-13(5)6)20(7,8)32-19(26)30-10-28-16(23)12(3)4/h11-14H,9-10H2,1-8H3,(H,21,25)/t14-/m0/s1. The summed E-state index contributed by atoms with van der Waals surface area (Å²) in [7, 11) is 0. The van der Waals surface area contributed by atoms with Gasteiger partial charge in [-0.15, -0.1) is 0 Å². The Morgan fingerprint density at radius 3 is 1.66 bits per heavy atom. The maximum Gasteiger partial charge on any atom is 0.410 e. The fraction of sp³-hybridized carbons (Fsp3) is 0.750. The predicted octanol–water partition coefficient (Wildman–Crippen LogP) is 2.99. The Balaban J connectivity index is 5.06. The van der Waals surface area contributed by atoms with Crippen LogP contribution in [0, 0.1) is 11.8 Å². The molecular formula is C20H33NO10S. The Bertz CT molecular complexity index is 675. The Morgan fingerprint density at radius 2 is 1.22 bits per heavy atom. The van der Waals surface area contributed by atoms with E-state index in [2.05, 4.69) is 5.32 Å². The first-order chi connectivity index (χ1) is 14.7. The molecule has 0 aliphatic carbocycles. The Morgan fingerprint density at radius 1 is 0.750 bits per heavy atom. The van der Waals surface area contributed by atoms with Crippen LogP contribution in [0.2, 0.25) is 0 Å². The van der Waals surface area contributed by atoms with Gasteiger partial charge in [0.25, 0.3) is 0 Å². The normalized spacial score (nSPS) is 12.2. The summed E-state index contributed by atoms with van der Waals surface area (Å²) in [6, 6.07) is -1.33. The van der Waals surface area contributed by atoms with Crippen LogP contribution in [0.3, 0.4) is 0 Å². The summed E-state index contributed by atoms with van der Waals surface area (Å²) in [5.74, 6) is -2.71. The van der Waals surface area contributed by atoms with Gasteiger partial charge in [-0.1, -0.05) is 27.7 Å². The molecule has 0 rings (SSSR count). The van der Waals surface area contributed by atoms with Crippen LogP contribution in [0.15, 0.2) is 0 Å². The summed E-state index contributed by atoms with van der Waals surface area (Å²) in [5.41, 5.74) is 0. The summed E-state index contributed by atoms with van der Waals surface area (Å²) in [6.07, 6.45) is -1.54. The van der Waals surface area contributed by atoms with E-state index in [1.54, 1.807) is 41.5 Å². The summed E-state index contributed by atoms with van der Waals surface area (Å²) < 4.78 is 23.1. The lowest BCUT2D eigenvalue weighted by Crippen LogP contribution is -2.54. The Kier molecular flexibility index (Phi) is 12.7. The highest BCUT2D eigenvalue weighted by atomic mass is 32.2. The second-order valence-electron chi connectivity index (χ2n) is 8.07. The molecule has 184 valence electrons. The lowest BCUT2D eigenvalue weighted by Gasteiger charge is -2.31. The van der Waals surface area contributed by atoms with E-state index in [1.807, 2.05) is 0 Å². The lowest BCUT2D eigenvalue weighted by atomic mass is 10.0. The average Bonchev–Trinajstić information content (AvgIpc) is 2.64. The molecule has 0 radical (unpaired) electrons. The van der Waals surface area contributed by atoms with Gasteiger partial charge in [0.05, 0.1) is 22.7 Å². The zero-order chi connectivity index (χ0) is 25.1. The molecule has 0 aromatic carbocycles. The molecule has 0 fully saturated rings. The number of rotatable bonds is 11. The van der Waals surface area contributed by atoms with E-state index in [9.17, 15) is 24.0 Å². The van der Waals surface area contributed by atoms with Crippen LogP contribution in [-0.4, -0.2) is 59.8 Å². The van der Waals surface area contributed by atoms with Crippen molar-refractivity contribution in [1.82, 2.24) is 5.32 Å². The van der Waals surface area contributed by atoms with E-state index in [4.69, 9.17) is 23.7 Å². The van der Waals surface area contributed by atoms with Crippen molar-refractivity contribution in [3.05, 3.63) is 0 Å². The lowest BCUT2D eigenvalue weighted by molar-refractivity contribution is -0.157. The topological polar surface area (TPSA) is 144 Å². The third kappa shape index (κ3) is 11.8. The molecule has 1 amide bonds. The summed E-state index contributed by atoms with van der Waals surface area (Å²) in [5, 5.41) is 1.48. The van der Waals surface area contributed by atoms with Gasteiger partial charge in [-0.25, -0.2) is 14.4 Å². The van der Waals surface area contributed by atoms with Crippen molar-refractivity contribution in [2.24, 2.45) is 11.8 Å². The van der Waals surface area contributed by atoms with E-state index in [0.717, 1.165) is 0 Å². The highest BCUT2D eigenvalue weighted by molar-refractivity contribution is 8.14. The first-order valence-electron chi connectivity index (χ1n) is 10.00. The van der Waals surface area contributed by atoms with Gasteiger partial charge in [0.1, 0.15) is 6.04 Å². The fourth-order valence-corrected chi connectivity index (χ4v) is 2.70. The van der Waals surface area contributed by atoms with Gasteiger partial charge in [0, 0.05) is 0 Å². The van der Waals surface area contributed by atoms with E-state index in [-0.39, 0.29) is 5.92 Å². The smallest absolute Gasteiger partial charge is 0.410 e. The molecule has 32 heavy (non-hydrogen) atoms. The first kappa shape index (κ1) is 29.5. The van der Waals surface area contributed by atoms with Crippen molar-refractivity contribution in [3.8, 4) is 0 Å². The molecular weight excluding hydrogens is 446 g/mol. The Hall–Kier alpha value is -2.50. The minimum absolute atomic E-state index is 0.386. The number of carbonyl (C=O) groups is 5. The highest BCUT2D eigenvalue weighted by Crippen LogP contribution is 2.31. The van der Waals surface area contributed by atoms with Crippen LogP contribution in [0.5, 0.6) is 0 Å². The van der Waals surface area contributed by atoms with Crippen LogP contribution >= 0.6 is 11.8 Å². The minimum Gasteiger partial charge on any atom is -0.461 e. The van der Waals surface area contributed by atoms with Crippen LogP contribution in [0.4, 0.5) is 9.59 Å². The van der Waals surface area contributed by atoms with Crippen molar-refractivity contribution in [2.75, 3.05) is 13.6 Å². The van der Waals surface area contributed by atoms with Gasteiger partial charge in [-0.05, 0) is 39.5 Å². The SMILES string of the molecule is CC(C)OC(=O)[C@H](NC(=O)OCOC(=O)C(C)C)C(C)(C)SC(=O)OCOC(=O)C(C)C. The van der Waals surface area contributed by atoms with E-state index in [0.29, 0.717) is 11.8 Å². The monoisotopic (exact) mass is 479 g/mol. The van der Waals surface area contributed by atoms with Crippen molar-refractivity contribution in [3.63, 3.8) is 0 Å². The molecule has 0 heterocycles. The number of hydrogen-bond acceptors (Lipinski definition) is 11. The van der Waals surface area contributed by atoms with Gasteiger partial charge < -0.3 is 29.0 Å². The third-order valence-corrected chi connectivity index (χ3v) is 4.65. The highest BCUT2D eigenvalue weighted by Gasteiger charge is 2.41. The Labute approximate surface area is 192 Å². The van der Waals surface area contributed by atoms with Crippen LogP contribution in [0.25, 0.3) is 0 Å². The van der Waals surface area contributed by atoms with Gasteiger partial charge in [0.15, 0.2) is 0 Å². The van der Waals surface area contributed by atoms with Crippen molar-refractivity contribution in [2.45, 2.75) is 72.3 Å². The van der Waals surface area contributed by atoms with Crippen LogP contribution in [0.1, 0.15) is 55.4 Å². The molecule has 0 aromatic rings. The van der Waals surface area contributed by atoms with E-state index in [1.165, 1.54) is 13.8 Å². The molecule has 0 aliphatic rings. The summed E-state index contributed by atoms with van der Waals surface area (Å²) in [4.78, 5) is 59.7. The number of nitrogens with one attached hydrogen (secondary N) is 1. The fourth-order valence-electron chi connectivity index (χ4n) is 1.89. The molecule has 0 aromatic heterocycles. The van der Waals surface area contributed by atoms with Crippen molar-refractivity contribution >= 4 is 41.1 Å². The van der Waals surface area contributed by atoms with Crippen LogP contribution in [-0.2, 0) is 38.1 Å². The van der Waals surface area contributed by atoms with Crippen LogP contribution < -0.4 is 5.32 Å². The number of alkyl carbamates (subject to hydrolysis) is 1. The van der Waals surface area contributed by atoms with E-state index >= 15 is 0 Å². The second-order valence-corrected chi connectivity index (χ2v) is 9.66. The summed E-state index contributed by atoms with van der Waals surface area (Å²) >= 11 is 0.591. The summed E-state index contributed by atoms with van der Waals surface area (Å²) in [6.45, 7) is 11.5. The third-order valence-electron chi connectivity index (χ3n) is 3.60. The molecule has 0 saturated heterocycles. The zero-order valence-electron chi connectivity index (χ0n) is 19.7. The van der Waals surface area contributed by atoms with Crippen molar-refractivity contribution in [1.29, 1.82) is 0 Å². The van der Waals surface area contributed by atoms with E-state index < -0.39 is 65.7 Å². The zero-order valence-corrected chi connectivity index (χ0v) is 20.5. The van der Waals surface area contributed by atoms with Crippen molar-refractivity contribution < 1.29 is 47.7 Å². The number of carbonyl (C=O) groups excluding carboxylic acids is 5. The molecule has 0 saturated carbocycles. The molecule has 0 spiro atoms. The average molecular weight is 480 g/mol. The quantitative estimate of drug-likeness (QED) is 0.265. The maximum atomic E-state index is 12.6. The van der Waals surface area contributed by atoms with Gasteiger partial charge >= 0.3 is 29.3 Å². The minimum atomic E-state index is -1.33. The molecule has 0 aliphatic heterocycles. The van der Waals surface area contributed by atoms with Gasteiger partial charge in [-0.3, -0.25) is 9.59 Å². The molecule has 1 atom stereocenters. The molecule has 0 unspecified atom stereocenters. The first-order valence-corrected chi connectivity index (χ1v) is 10.8. The second kappa shape index (κ2) is 13.8. The number of hydrogen-bond donors (Lipinski definition) is 1. The maximum absolute atomic E-state index is 12.6. The molecule has 12 heteroatoms. The molecule has 1 N–H and O–H groups in total.